The van der Waals surface area contributed by atoms with E-state index >= 15 is 0 Å². The van der Waals surface area contributed by atoms with E-state index in [4.69, 9.17) is 18.9 Å². The molecule has 0 fully saturated rings. The summed E-state index contributed by atoms with van der Waals surface area (Å²) >= 11 is 0. The fourth-order valence-electron chi connectivity index (χ4n) is 8.35. The number of carbonyl (C=O) groups is 3. The monoisotopic (exact) mass is 986 g/mol. The maximum atomic E-state index is 12.8. The molecule has 0 aliphatic heterocycles. The average molecular weight is 987 g/mol. The Balaban J connectivity index is 4.16. The topological polar surface area (TPSA) is 111 Å². The molecule has 408 valence electrons. The predicted molar refractivity (Wildman–Crippen MR) is 292 cm³/mol. The number of ether oxygens (including phenoxy) is 4. The zero-order valence-electron chi connectivity index (χ0n) is 46.4. The first-order valence-electron chi connectivity index (χ1n) is 29.3. The number of likely N-dealkylation sites (N-methyl/N-ethyl adjacent to an activating group) is 1. The Morgan fingerprint density at radius 2 is 0.814 bits per heavy atom. The summed E-state index contributed by atoms with van der Waals surface area (Å²) in [6, 6.07) is 0. The standard InChI is InChI=1S/C61H111NO8/c1-6-8-10-12-14-16-18-20-22-24-25-26-27-28-29-30-31-32-33-34-36-37-39-41-43-45-47-49-51-58(63)68-55-57(56-69-61(60(65)66)67-54-53-62(3,4)5)70-59(64)52-50-48-46-44-42-40-38-35-23-21-19-17-15-13-11-9-7-2/h9,11,15,17,21,23,38,40,57,61H,6-8,10,12-14,16,18-20,22,24-37,39,41-56H2,1-5H3/b11-9-,17-15-,23-21-,40-38-. The highest BCUT2D eigenvalue weighted by Gasteiger charge is 2.22. The summed E-state index contributed by atoms with van der Waals surface area (Å²) < 4.78 is 22.7. The molecule has 0 heterocycles. The number of nitrogens with zero attached hydrogens (tertiary/aromatic N) is 1. The third kappa shape index (κ3) is 53.1. The zero-order valence-corrected chi connectivity index (χ0v) is 46.4. The summed E-state index contributed by atoms with van der Waals surface area (Å²) in [5.41, 5.74) is 0. The van der Waals surface area contributed by atoms with Gasteiger partial charge in [-0.15, -0.1) is 0 Å². The SMILES string of the molecule is CC/C=C\C/C=C\C/C=C\C/C=C\CCCCCCC(=O)OC(COC(=O)CCCCCCCCCCCCCCCCCCCCCCCCCCCCCC)COC(OCC[N+](C)(C)C)C(=O)[O-]. The molecular weight excluding hydrogens is 875 g/mol. The molecule has 0 radical (unpaired) electrons. The summed E-state index contributed by atoms with van der Waals surface area (Å²) in [7, 11) is 5.91. The Labute approximate surface area is 432 Å². The Bertz CT molecular complexity index is 1290. The first-order valence-corrected chi connectivity index (χ1v) is 29.3. The lowest BCUT2D eigenvalue weighted by atomic mass is 10.0. The molecule has 0 amide bonds. The predicted octanol–water partition coefficient (Wildman–Crippen LogP) is 15.7. The van der Waals surface area contributed by atoms with Crippen LogP contribution in [-0.4, -0.2) is 82.3 Å². The highest BCUT2D eigenvalue weighted by molar-refractivity contribution is 5.70. The van der Waals surface area contributed by atoms with Crippen molar-refractivity contribution in [1.82, 2.24) is 0 Å². The number of hydrogen-bond donors (Lipinski definition) is 0. The minimum Gasteiger partial charge on any atom is -0.545 e. The van der Waals surface area contributed by atoms with Gasteiger partial charge in [0.15, 0.2) is 12.4 Å². The van der Waals surface area contributed by atoms with E-state index in [0.717, 1.165) is 70.6 Å². The molecule has 9 nitrogen and oxygen atoms in total. The summed E-state index contributed by atoms with van der Waals surface area (Å²) in [6.07, 6.45) is 61.8. The molecule has 0 aliphatic rings. The van der Waals surface area contributed by atoms with Gasteiger partial charge in [-0.2, -0.15) is 0 Å². The van der Waals surface area contributed by atoms with E-state index in [1.807, 2.05) is 21.1 Å². The van der Waals surface area contributed by atoms with Gasteiger partial charge in [0.05, 0.1) is 40.3 Å². The number of unbranched alkanes of at least 4 members (excludes halogenated alkanes) is 31. The normalized spacial score (nSPS) is 13.1. The van der Waals surface area contributed by atoms with Crippen LogP contribution in [0.5, 0.6) is 0 Å². The molecule has 2 atom stereocenters. The summed E-state index contributed by atoms with van der Waals surface area (Å²) in [6.45, 7) is 4.63. The summed E-state index contributed by atoms with van der Waals surface area (Å²) in [5, 5.41) is 11.8. The smallest absolute Gasteiger partial charge is 0.306 e. The fourth-order valence-corrected chi connectivity index (χ4v) is 8.35. The van der Waals surface area contributed by atoms with Crippen molar-refractivity contribution in [2.45, 2.75) is 277 Å². The highest BCUT2D eigenvalue weighted by atomic mass is 16.7. The van der Waals surface area contributed by atoms with Crippen LogP contribution in [0.15, 0.2) is 48.6 Å². The first-order chi connectivity index (χ1) is 34.1. The average Bonchev–Trinajstić information content (AvgIpc) is 3.33. The van der Waals surface area contributed by atoms with Crippen molar-refractivity contribution < 1.29 is 42.9 Å². The zero-order chi connectivity index (χ0) is 51.3. The molecule has 0 saturated heterocycles. The molecule has 0 bridgehead atoms. The van der Waals surface area contributed by atoms with E-state index in [0.29, 0.717) is 17.4 Å². The lowest BCUT2D eigenvalue weighted by molar-refractivity contribution is -0.870. The van der Waals surface area contributed by atoms with Crippen LogP contribution in [0.3, 0.4) is 0 Å². The van der Waals surface area contributed by atoms with E-state index in [2.05, 4.69) is 62.5 Å². The van der Waals surface area contributed by atoms with Crippen molar-refractivity contribution in [3.63, 3.8) is 0 Å². The second kappa shape index (κ2) is 52.6. The van der Waals surface area contributed by atoms with Crippen molar-refractivity contribution >= 4 is 17.9 Å². The van der Waals surface area contributed by atoms with Gasteiger partial charge >= 0.3 is 11.9 Å². The lowest BCUT2D eigenvalue weighted by Crippen LogP contribution is -2.44. The summed E-state index contributed by atoms with van der Waals surface area (Å²) in [4.78, 5) is 37.2. The number of carboxylic acids is 1. The number of rotatable bonds is 54. The molecular formula is C61H111NO8. The molecule has 9 heteroatoms. The highest BCUT2D eigenvalue weighted by Crippen LogP contribution is 2.17. The maximum absolute atomic E-state index is 12.8. The van der Waals surface area contributed by atoms with Crippen molar-refractivity contribution in [1.29, 1.82) is 0 Å². The molecule has 0 aliphatic carbocycles. The van der Waals surface area contributed by atoms with Gasteiger partial charge in [-0.25, -0.2) is 0 Å². The molecule has 2 unspecified atom stereocenters. The molecule has 0 aromatic heterocycles. The van der Waals surface area contributed by atoms with Crippen LogP contribution in [0.2, 0.25) is 0 Å². The third-order valence-corrected chi connectivity index (χ3v) is 12.8. The van der Waals surface area contributed by atoms with E-state index in [1.165, 1.54) is 161 Å². The van der Waals surface area contributed by atoms with Crippen molar-refractivity contribution in [2.75, 3.05) is 47.5 Å². The summed E-state index contributed by atoms with van der Waals surface area (Å²) in [5.74, 6) is -2.31. The van der Waals surface area contributed by atoms with Gasteiger partial charge in [-0.3, -0.25) is 9.59 Å². The van der Waals surface area contributed by atoms with Gasteiger partial charge in [0.1, 0.15) is 13.2 Å². The van der Waals surface area contributed by atoms with Crippen LogP contribution in [0.25, 0.3) is 0 Å². The second-order valence-electron chi connectivity index (χ2n) is 20.9. The van der Waals surface area contributed by atoms with E-state index < -0.39 is 24.3 Å². The Morgan fingerprint density at radius 1 is 0.443 bits per heavy atom. The molecule has 0 spiro atoms. The minimum atomic E-state index is -1.63. The van der Waals surface area contributed by atoms with Gasteiger partial charge in [0.25, 0.3) is 0 Å². The van der Waals surface area contributed by atoms with Gasteiger partial charge < -0.3 is 33.3 Å². The van der Waals surface area contributed by atoms with Gasteiger partial charge in [0, 0.05) is 12.8 Å². The Hall–Kier alpha value is -2.75. The van der Waals surface area contributed by atoms with Crippen LogP contribution in [0, 0.1) is 0 Å². The molecule has 70 heavy (non-hydrogen) atoms. The third-order valence-electron chi connectivity index (χ3n) is 12.8. The second-order valence-corrected chi connectivity index (χ2v) is 20.9. The molecule has 0 saturated carbocycles. The molecule has 0 rings (SSSR count). The number of hydrogen-bond acceptors (Lipinski definition) is 8. The quantitative estimate of drug-likeness (QED) is 0.0195. The molecule has 0 aromatic carbocycles. The van der Waals surface area contributed by atoms with Crippen LogP contribution in [-0.2, 0) is 33.3 Å². The number of quaternary nitrogens is 1. The first kappa shape index (κ1) is 67.2. The lowest BCUT2D eigenvalue weighted by Gasteiger charge is -2.26. The van der Waals surface area contributed by atoms with Crippen molar-refractivity contribution in [3.8, 4) is 0 Å². The van der Waals surface area contributed by atoms with E-state index in [9.17, 15) is 19.5 Å². The largest absolute Gasteiger partial charge is 0.545 e. The van der Waals surface area contributed by atoms with E-state index in [1.54, 1.807) is 0 Å². The van der Waals surface area contributed by atoms with Gasteiger partial charge in [-0.1, -0.05) is 249 Å². The van der Waals surface area contributed by atoms with Gasteiger partial charge in [-0.05, 0) is 51.4 Å². The number of allylic oxidation sites excluding steroid dienone is 8. The number of carboxylic acid groups (broad SMARTS) is 1. The fraction of sp³-hybridized carbons (Fsp3) is 0.820. The molecule has 0 aromatic rings. The minimum absolute atomic E-state index is 0.142. The number of carbonyl (C=O) groups excluding carboxylic acids is 3. The van der Waals surface area contributed by atoms with Crippen LogP contribution in [0.1, 0.15) is 264 Å². The van der Waals surface area contributed by atoms with Crippen molar-refractivity contribution in [2.24, 2.45) is 0 Å². The van der Waals surface area contributed by atoms with Crippen LogP contribution in [0.4, 0.5) is 0 Å². The maximum Gasteiger partial charge on any atom is 0.306 e. The number of esters is 2. The Morgan fingerprint density at radius 3 is 1.21 bits per heavy atom. The molecule has 0 N–H and O–H groups in total. The van der Waals surface area contributed by atoms with E-state index in [-0.39, 0.29) is 38.6 Å². The van der Waals surface area contributed by atoms with Crippen molar-refractivity contribution in [3.05, 3.63) is 48.6 Å². The van der Waals surface area contributed by atoms with Crippen LogP contribution < -0.4 is 5.11 Å². The number of aliphatic carboxylic acids is 1. The van der Waals surface area contributed by atoms with Crippen LogP contribution >= 0.6 is 0 Å². The van der Waals surface area contributed by atoms with Gasteiger partial charge in [0.2, 0.25) is 0 Å². The Kier molecular flexibility index (Phi) is 50.5.